The Hall–Kier alpha value is 0.440. The molecule has 2 rings (SSSR count). The zero-order valence-corrected chi connectivity index (χ0v) is 7.59. The van der Waals surface area contributed by atoms with Crippen LogP contribution in [0.4, 0.5) is 0 Å². The lowest BCUT2D eigenvalue weighted by Gasteiger charge is -2.14. The molecule has 2 aliphatic rings. The van der Waals surface area contributed by atoms with Crippen molar-refractivity contribution in [1.82, 2.24) is 0 Å². The second-order valence-corrected chi connectivity index (χ2v) is 5.33. The molecule has 0 amide bonds. The molecule has 2 aliphatic heterocycles. The van der Waals surface area contributed by atoms with E-state index in [9.17, 15) is 0 Å². The Labute approximate surface area is 70.8 Å². The fourth-order valence-electron chi connectivity index (χ4n) is 1.54. The molecule has 1 saturated heterocycles. The van der Waals surface area contributed by atoms with Crippen LogP contribution in [0.25, 0.3) is 0 Å². The van der Waals surface area contributed by atoms with Gasteiger partial charge in [-0.05, 0) is 30.4 Å². The molecule has 2 heteroatoms. The second-order valence-electron chi connectivity index (χ2n) is 2.83. The van der Waals surface area contributed by atoms with Crippen molar-refractivity contribution in [2.75, 3.05) is 5.75 Å². The van der Waals surface area contributed by atoms with E-state index in [2.05, 4.69) is 23.2 Å². The maximum absolute atomic E-state index is 2.31. The Morgan fingerprint density at radius 1 is 1.30 bits per heavy atom. The minimum Gasteiger partial charge on any atom is -0.157 e. The molecule has 1 fully saturated rings. The van der Waals surface area contributed by atoms with Crippen LogP contribution < -0.4 is 0 Å². The smallest absolute Gasteiger partial charge is 0.0242 e. The van der Waals surface area contributed by atoms with E-state index in [0.29, 0.717) is 0 Å². The van der Waals surface area contributed by atoms with Crippen LogP contribution in [-0.4, -0.2) is 16.3 Å². The van der Waals surface area contributed by atoms with Gasteiger partial charge in [-0.1, -0.05) is 6.08 Å². The van der Waals surface area contributed by atoms with Crippen molar-refractivity contribution in [2.45, 2.75) is 29.8 Å². The van der Waals surface area contributed by atoms with Crippen molar-refractivity contribution in [3.63, 3.8) is 0 Å². The highest BCUT2D eigenvalue weighted by Gasteiger charge is 2.26. The van der Waals surface area contributed by atoms with Crippen LogP contribution in [0, 0.1) is 0 Å². The van der Waals surface area contributed by atoms with E-state index >= 15 is 0 Å². The van der Waals surface area contributed by atoms with E-state index in [-0.39, 0.29) is 0 Å². The lowest BCUT2D eigenvalue weighted by molar-refractivity contribution is 0.746. The van der Waals surface area contributed by atoms with Gasteiger partial charge in [-0.3, -0.25) is 0 Å². The number of hydrogen-bond acceptors (Lipinski definition) is 2. The summed E-state index contributed by atoms with van der Waals surface area (Å²) in [5.41, 5.74) is 0. The minimum absolute atomic E-state index is 0.924. The molecule has 0 aliphatic carbocycles. The molecule has 0 saturated carbocycles. The molecule has 0 aromatic carbocycles. The zero-order chi connectivity index (χ0) is 6.81. The van der Waals surface area contributed by atoms with Crippen LogP contribution in [-0.2, 0) is 0 Å². The molecule has 0 aromatic rings. The fraction of sp³-hybridized carbons (Fsp3) is 0.750. The summed E-state index contributed by atoms with van der Waals surface area (Å²) in [6, 6.07) is 0. The highest BCUT2D eigenvalue weighted by molar-refractivity contribution is 8.05. The average molecular weight is 172 g/mol. The van der Waals surface area contributed by atoms with Gasteiger partial charge in [0, 0.05) is 10.5 Å². The number of rotatable bonds is 1. The number of allylic oxidation sites excluding steroid dienone is 1. The van der Waals surface area contributed by atoms with Crippen LogP contribution in [0.3, 0.4) is 0 Å². The van der Waals surface area contributed by atoms with Gasteiger partial charge in [-0.25, -0.2) is 0 Å². The SMILES string of the molecule is C1=CSC(C2CCCS2)C1. The summed E-state index contributed by atoms with van der Waals surface area (Å²) >= 11 is 4.22. The van der Waals surface area contributed by atoms with Crippen LogP contribution in [0.15, 0.2) is 11.5 Å². The van der Waals surface area contributed by atoms with Crippen molar-refractivity contribution in [2.24, 2.45) is 0 Å². The first-order valence-electron chi connectivity index (χ1n) is 3.89. The first kappa shape index (κ1) is 7.11. The molecule has 2 heterocycles. The van der Waals surface area contributed by atoms with E-state index < -0.39 is 0 Å². The van der Waals surface area contributed by atoms with E-state index in [1.165, 1.54) is 25.0 Å². The molecule has 56 valence electrons. The summed E-state index contributed by atoms with van der Waals surface area (Å²) in [6.07, 6.45) is 6.55. The summed E-state index contributed by atoms with van der Waals surface area (Å²) in [7, 11) is 0. The van der Waals surface area contributed by atoms with Crippen LogP contribution in [0.1, 0.15) is 19.3 Å². The van der Waals surface area contributed by atoms with E-state index in [4.69, 9.17) is 0 Å². The maximum atomic E-state index is 2.31. The molecule has 0 nitrogen and oxygen atoms in total. The van der Waals surface area contributed by atoms with Gasteiger partial charge in [-0.2, -0.15) is 11.8 Å². The first-order chi connectivity index (χ1) is 4.97. The van der Waals surface area contributed by atoms with Crippen molar-refractivity contribution in [3.8, 4) is 0 Å². The Bertz CT molecular complexity index is 128. The van der Waals surface area contributed by atoms with Gasteiger partial charge in [0.1, 0.15) is 0 Å². The molecular weight excluding hydrogens is 160 g/mol. The standard InChI is InChI=1S/C8H12S2/c1-3-7(9-5-1)8-4-2-6-10-8/h1,5,7-8H,2-4,6H2. The lowest BCUT2D eigenvalue weighted by Crippen LogP contribution is -2.13. The van der Waals surface area contributed by atoms with Crippen LogP contribution >= 0.6 is 23.5 Å². The van der Waals surface area contributed by atoms with Gasteiger partial charge >= 0.3 is 0 Å². The van der Waals surface area contributed by atoms with Gasteiger partial charge in [0.15, 0.2) is 0 Å². The molecule has 0 aromatic heterocycles. The molecule has 2 atom stereocenters. The molecule has 0 bridgehead atoms. The molecule has 0 spiro atoms. The summed E-state index contributed by atoms with van der Waals surface area (Å²) in [5, 5.41) is 4.16. The van der Waals surface area contributed by atoms with Gasteiger partial charge in [0.25, 0.3) is 0 Å². The predicted octanol–water partition coefficient (Wildman–Crippen LogP) is 2.90. The van der Waals surface area contributed by atoms with Crippen molar-refractivity contribution in [3.05, 3.63) is 11.5 Å². The molecule has 0 N–H and O–H groups in total. The van der Waals surface area contributed by atoms with Gasteiger partial charge in [-0.15, -0.1) is 11.8 Å². The van der Waals surface area contributed by atoms with Crippen LogP contribution in [0.2, 0.25) is 0 Å². The highest BCUT2D eigenvalue weighted by Crippen LogP contribution is 2.39. The molecule has 10 heavy (non-hydrogen) atoms. The first-order valence-corrected chi connectivity index (χ1v) is 5.88. The third kappa shape index (κ3) is 1.37. The fourth-order valence-corrected chi connectivity index (χ4v) is 4.22. The second kappa shape index (κ2) is 3.22. The third-order valence-corrected chi connectivity index (χ3v) is 5.01. The molecular formula is C8H12S2. The topological polar surface area (TPSA) is 0 Å². The Kier molecular flexibility index (Phi) is 2.29. The quantitative estimate of drug-likeness (QED) is 0.596. The van der Waals surface area contributed by atoms with Gasteiger partial charge in [0.2, 0.25) is 0 Å². The third-order valence-electron chi connectivity index (χ3n) is 2.10. The lowest BCUT2D eigenvalue weighted by atomic mass is 10.1. The Morgan fingerprint density at radius 2 is 2.30 bits per heavy atom. The summed E-state index contributed by atoms with van der Waals surface area (Å²) in [6.45, 7) is 0. The number of hydrogen-bond donors (Lipinski definition) is 0. The zero-order valence-electron chi connectivity index (χ0n) is 5.95. The van der Waals surface area contributed by atoms with E-state index in [1.54, 1.807) is 0 Å². The molecule has 0 radical (unpaired) electrons. The summed E-state index contributed by atoms with van der Waals surface area (Å²) < 4.78 is 0. The Balaban J connectivity index is 1.87. The van der Waals surface area contributed by atoms with E-state index in [1.807, 2.05) is 11.8 Å². The van der Waals surface area contributed by atoms with Crippen LogP contribution in [0.5, 0.6) is 0 Å². The molecule has 2 unspecified atom stereocenters. The predicted molar refractivity (Wildman–Crippen MR) is 50.6 cm³/mol. The summed E-state index contributed by atoms with van der Waals surface area (Å²) in [5.74, 6) is 1.40. The van der Waals surface area contributed by atoms with Crippen molar-refractivity contribution < 1.29 is 0 Å². The highest BCUT2D eigenvalue weighted by atomic mass is 32.2. The average Bonchev–Trinajstić information content (AvgIpc) is 2.59. The van der Waals surface area contributed by atoms with E-state index in [0.717, 1.165) is 10.5 Å². The Morgan fingerprint density at radius 3 is 2.90 bits per heavy atom. The minimum atomic E-state index is 0.924. The van der Waals surface area contributed by atoms with Gasteiger partial charge < -0.3 is 0 Å². The summed E-state index contributed by atoms with van der Waals surface area (Å²) in [4.78, 5) is 0. The largest absolute Gasteiger partial charge is 0.157 e. The number of thioether (sulfide) groups is 2. The normalized spacial score (nSPS) is 39.2. The van der Waals surface area contributed by atoms with Crippen molar-refractivity contribution in [1.29, 1.82) is 0 Å². The van der Waals surface area contributed by atoms with Gasteiger partial charge in [0.05, 0.1) is 0 Å². The van der Waals surface area contributed by atoms with Crippen molar-refractivity contribution >= 4 is 23.5 Å². The monoisotopic (exact) mass is 172 g/mol. The maximum Gasteiger partial charge on any atom is 0.0242 e.